The topological polar surface area (TPSA) is 20.3 Å². The van der Waals surface area contributed by atoms with Gasteiger partial charge in [-0.05, 0) is 18.1 Å². The molecule has 0 unspecified atom stereocenters. The SMILES string of the molecule is CC(C)CC(=O)c1cccc(N(C)C)c1. The van der Waals surface area contributed by atoms with Crippen molar-refractivity contribution in [2.45, 2.75) is 20.3 Å². The molecule has 0 amide bonds. The van der Waals surface area contributed by atoms with Crippen LogP contribution in [0.5, 0.6) is 0 Å². The van der Waals surface area contributed by atoms with Gasteiger partial charge in [-0.3, -0.25) is 4.79 Å². The van der Waals surface area contributed by atoms with E-state index in [1.807, 2.05) is 43.3 Å². The number of Topliss-reactive ketones (excluding diaryl/α,β-unsaturated/α-hetero) is 1. The van der Waals surface area contributed by atoms with Gasteiger partial charge in [-0.2, -0.15) is 0 Å². The summed E-state index contributed by atoms with van der Waals surface area (Å²) in [5, 5.41) is 0. The number of hydrogen-bond acceptors (Lipinski definition) is 2. The molecule has 0 aliphatic rings. The van der Waals surface area contributed by atoms with Crippen LogP contribution in [0.2, 0.25) is 0 Å². The van der Waals surface area contributed by atoms with Gasteiger partial charge in [0.25, 0.3) is 0 Å². The van der Waals surface area contributed by atoms with Crippen LogP contribution in [0, 0.1) is 5.92 Å². The number of nitrogens with zero attached hydrogens (tertiary/aromatic N) is 1. The van der Waals surface area contributed by atoms with E-state index in [2.05, 4.69) is 13.8 Å². The molecule has 0 aliphatic carbocycles. The zero-order valence-electron chi connectivity index (χ0n) is 9.95. The van der Waals surface area contributed by atoms with Crippen LogP contribution in [-0.2, 0) is 0 Å². The maximum atomic E-state index is 11.8. The first kappa shape index (κ1) is 11.8. The number of carbonyl (C=O) groups excluding carboxylic acids is 1. The molecule has 2 heteroatoms. The lowest BCUT2D eigenvalue weighted by Gasteiger charge is -2.13. The van der Waals surface area contributed by atoms with Gasteiger partial charge in [0.05, 0.1) is 0 Å². The molecule has 0 saturated carbocycles. The Labute approximate surface area is 91.9 Å². The first-order valence-corrected chi connectivity index (χ1v) is 5.31. The maximum Gasteiger partial charge on any atom is 0.163 e. The summed E-state index contributed by atoms with van der Waals surface area (Å²) in [5.41, 5.74) is 1.89. The van der Waals surface area contributed by atoms with Crippen molar-refractivity contribution in [3.05, 3.63) is 29.8 Å². The number of rotatable bonds is 4. The van der Waals surface area contributed by atoms with Crippen LogP contribution in [0.15, 0.2) is 24.3 Å². The summed E-state index contributed by atoms with van der Waals surface area (Å²) in [5.74, 6) is 0.647. The van der Waals surface area contributed by atoms with Crippen LogP contribution < -0.4 is 4.90 Å². The molecule has 1 aromatic carbocycles. The monoisotopic (exact) mass is 205 g/mol. The van der Waals surface area contributed by atoms with Crippen molar-refractivity contribution in [3.63, 3.8) is 0 Å². The Balaban J connectivity index is 2.85. The number of benzene rings is 1. The van der Waals surface area contributed by atoms with E-state index in [0.717, 1.165) is 11.3 Å². The Bertz CT molecular complexity index is 342. The fourth-order valence-electron chi connectivity index (χ4n) is 1.45. The summed E-state index contributed by atoms with van der Waals surface area (Å²) < 4.78 is 0. The predicted octanol–water partition coefficient (Wildman–Crippen LogP) is 2.98. The third kappa shape index (κ3) is 3.39. The van der Waals surface area contributed by atoms with E-state index >= 15 is 0 Å². The summed E-state index contributed by atoms with van der Waals surface area (Å²) in [6.07, 6.45) is 0.622. The Kier molecular flexibility index (Phi) is 3.89. The molecule has 1 rings (SSSR count). The van der Waals surface area contributed by atoms with E-state index in [1.54, 1.807) is 0 Å². The highest BCUT2D eigenvalue weighted by molar-refractivity contribution is 5.97. The Morgan fingerprint density at radius 2 is 2.00 bits per heavy atom. The highest BCUT2D eigenvalue weighted by Crippen LogP contribution is 2.16. The average Bonchev–Trinajstić information content (AvgIpc) is 2.17. The Morgan fingerprint density at radius 1 is 1.33 bits per heavy atom. The minimum Gasteiger partial charge on any atom is -0.378 e. The summed E-state index contributed by atoms with van der Waals surface area (Å²) in [7, 11) is 3.96. The van der Waals surface area contributed by atoms with Crippen LogP contribution in [0.25, 0.3) is 0 Å². The summed E-state index contributed by atoms with van der Waals surface area (Å²) in [6, 6.07) is 7.78. The fraction of sp³-hybridized carbons (Fsp3) is 0.462. The molecule has 0 aromatic heterocycles. The third-order valence-corrected chi connectivity index (χ3v) is 2.28. The molecular formula is C13H19NO. The van der Waals surface area contributed by atoms with E-state index in [9.17, 15) is 4.79 Å². The van der Waals surface area contributed by atoms with Gasteiger partial charge in [0.1, 0.15) is 0 Å². The molecular weight excluding hydrogens is 186 g/mol. The maximum absolute atomic E-state index is 11.8. The summed E-state index contributed by atoms with van der Waals surface area (Å²) >= 11 is 0. The van der Waals surface area contributed by atoms with Gasteiger partial charge in [-0.25, -0.2) is 0 Å². The minimum absolute atomic E-state index is 0.230. The molecule has 0 atom stereocenters. The summed E-state index contributed by atoms with van der Waals surface area (Å²) in [4.78, 5) is 13.8. The second-order valence-electron chi connectivity index (χ2n) is 4.47. The number of carbonyl (C=O) groups is 1. The van der Waals surface area contributed by atoms with Crippen molar-refractivity contribution in [3.8, 4) is 0 Å². The van der Waals surface area contributed by atoms with Crippen LogP contribution in [0.3, 0.4) is 0 Å². The number of hydrogen-bond donors (Lipinski definition) is 0. The first-order valence-electron chi connectivity index (χ1n) is 5.31. The van der Waals surface area contributed by atoms with Crippen LogP contribution in [0.1, 0.15) is 30.6 Å². The van der Waals surface area contributed by atoms with Crippen molar-refractivity contribution >= 4 is 11.5 Å². The van der Waals surface area contributed by atoms with Gasteiger partial charge < -0.3 is 4.90 Å². The van der Waals surface area contributed by atoms with Crippen LogP contribution in [0.4, 0.5) is 5.69 Å². The van der Waals surface area contributed by atoms with E-state index in [1.165, 1.54) is 0 Å². The molecule has 82 valence electrons. The Morgan fingerprint density at radius 3 is 2.53 bits per heavy atom. The zero-order valence-corrected chi connectivity index (χ0v) is 9.95. The molecule has 0 heterocycles. The minimum atomic E-state index is 0.230. The van der Waals surface area contributed by atoms with Gasteiger partial charge in [0.15, 0.2) is 5.78 Å². The molecule has 0 spiro atoms. The quantitative estimate of drug-likeness (QED) is 0.704. The highest BCUT2D eigenvalue weighted by Gasteiger charge is 2.08. The van der Waals surface area contributed by atoms with Crippen molar-refractivity contribution in [2.24, 2.45) is 5.92 Å². The molecule has 0 N–H and O–H groups in total. The summed E-state index contributed by atoms with van der Waals surface area (Å²) in [6.45, 7) is 4.13. The lowest BCUT2D eigenvalue weighted by molar-refractivity contribution is 0.0968. The highest BCUT2D eigenvalue weighted by atomic mass is 16.1. The van der Waals surface area contributed by atoms with Gasteiger partial charge in [0, 0.05) is 31.8 Å². The molecule has 0 fully saturated rings. The molecule has 1 aromatic rings. The van der Waals surface area contributed by atoms with Crippen molar-refractivity contribution in [2.75, 3.05) is 19.0 Å². The van der Waals surface area contributed by atoms with Crippen LogP contribution in [-0.4, -0.2) is 19.9 Å². The molecule has 0 saturated heterocycles. The normalized spacial score (nSPS) is 10.5. The lowest BCUT2D eigenvalue weighted by Crippen LogP contribution is -2.10. The molecule has 0 bridgehead atoms. The van der Waals surface area contributed by atoms with Gasteiger partial charge in [0.2, 0.25) is 0 Å². The van der Waals surface area contributed by atoms with E-state index in [-0.39, 0.29) is 5.78 Å². The van der Waals surface area contributed by atoms with Crippen molar-refractivity contribution < 1.29 is 4.79 Å². The first-order chi connectivity index (χ1) is 7.00. The smallest absolute Gasteiger partial charge is 0.163 e. The van der Waals surface area contributed by atoms with Crippen molar-refractivity contribution in [1.82, 2.24) is 0 Å². The second-order valence-corrected chi connectivity index (χ2v) is 4.47. The van der Waals surface area contributed by atoms with E-state index in [4.69, 9.17) is 0 Å². The number of anilines is 1. The Hall–Kier alpha value is -1.31. The van der Waals surface area contributed by atoms with E-state index in [0.29, 0.717) is 12.3 Å². The molecule has 2 nitrogen and oxygen atoms in total. The standard InChI is InChI=1S/C13H19NO/c1-10(2)8-13(15)11-6-5-7-12(9-11)14(3)4/h5-7,9-10H,8H2,1-4H3. The van der Waals surface area contributed by atoms with Crippen LogP contribution >= 0.6 is 0 Å². The van der Waals surface area contributed by atoms with E-state index < -0.39 is 0 Å². The molecule has 0 aliphatic heterocycles. The molecule has 15 heavy (non-hydrogen) atoms. The molecule has 0 radical (unpaired) electrons. The third-order valence-electron chi connectivity index (χ3n) is 2.28. The van der Waals surface area contributed by atoms with Gasteiger partial charge in [-0.1, -0.05) is 26.0 Å². The average molecular weight is 205 g/mol. The number of ketones is 1. The van der Waals surface area contributed by atoms with Gasteiger partial charge >= 0.3 is 0 Å². The largest absolute Gasteiger partial charge is 0.378 e. The van der Waals surface area contributed by atoms with Gasteiger partial charge in [-0.15, -0.1) is 0 Å². The second kappa shape index (κ2) is 4.96. The fourth-order valence-corrected chi connectivity index (χ4v) is 1.45. The predicted molar refractivity (Wildman–Crippen MR) is 64.6 cm³/mol. The lowest BCUT2D eigenvalue weighted by atomic mass is 10.0. The van der Waals surface area contributed by atoms with Crippen molar-refractivity contribution in [1.29, 1.82) is 0 Å². The zero-order chi connectivity index (χ0) is 11.4.